The standard InChI is InChI=1S/C18H22BrClN2O3/c1-18(2,23)9-12-7-15(22-17(20)16(12)19)21-10-11-5-6-13(24-3)8-14(11)25-4/h5-8,23H,9-10H2,1-4H3,(H,21,22). The lowest BCUT2D eigenvalue weighted by molar-refractivity contribution is 0.0808. The lowest BCUT2D eigenvalue weighted by Gasteiger charge is -2.19. The molecule has 0 aliphatic heterocycles. The highest BCUT2D eigenvalue weighted by Crippen LogP contribution is 2.31. The summed E-state index contributed by atoms with van der Waals surface area (Å²) in [4.78, 5) is 4.33. The van der Waals surface area contributed by atoms with Crippen LogP contribution in [-0.4, -0.2) is 29.9 Å². The van der Waals surface area contributed by atoms with E-state index in [-0.39, 0.29) is 0 Å². The van der Waals surface area contributed by atoms with Crippen molar-refractivity contribution in [1.29, 1.82) is 0 Å². The summed E-state index contributed by atoms with van der Waals surface area (Å²) in [6, 6.07) is 7.52. The monoisotopic (exact) mass is 428 g/mol. The molecule has 0 atom stereocenters. The second-order valence-electron chi connectivity index (χ2n) is 6.29. The third-order valence-corrected chi connectivity index (χ3v) is 4.96. The molecule has 0 amide bonds. The molecule has 0 saturated carbocycles. The van der Waals surface area contributed by atoms with Gasteiger partial charge in [-0.05, 0) is 53.5 Å². The average Bonchev–Trinajstić information content (AvgIpc) is 2.55. The first-order valence-electron chi connectivity index (χ1n) is 7.75. The van der Waals surface area contributed by atoms with Crippen molar-refractivity contribution in [2.75, 3.05) is 19.5 Å². The zero-order valence-corrected chi connectivity index (χ0v) is 17.0. The minimum Gasteiger partial charge on any atom is -0.497 e. The molecule has 0 spiro atoms. The second kappa shape index (κ2) is 8.25. The molecule has 0 saturated heterocycles. The molecular formula is C18H22BrClN2O3. The minimum atomic E-state index is -0.844. The fourth-order valence-corrected chi connectivity index (χ4v) is 2.97. The fourth-order valence-electron chi connectivity index (χ4n) is 2.42. The Morgan fingerprint density at radius 1 is 1.20 bits per heavy atom. The van der Waals surface area contributed by atoms with Crippen LogP contribution in [0.25, 0.3) is 0 Å². The van der Waals surface area contributed by atoms with Crippen molar-refractivity contribution in [3.8, 4) is 11.5 Å². The lowest BCUT2D eigenvalue weighted by Crippen LogP contribution is -2.22. The maximum Gasteiger partial charge on any atom is 0.145 e. The Balaban J connectivity index is 2.21. The first-order valence-corrected chi connectivity index (χ1v) is 8.92. The Hall–Kier alpha value is -1.50. The minimum absolute atomic E-state index is 0.353. The van der Waals surface area contributed by atoms with E-state index in [1.807, 2.05) is 24.3 Å². The van der Waals surface area contributed by atoms with E-state index < -0.39 is 5.60 Å². The van der Waals surface area contributed by atoms with Gasteiger partial charge in [-0.3, -0.25) is 0 Å². The van der Waals surface area contributed by atoms with Gasteiger partial charge in [0.05, 0.1) is 24.3 Å². The number of anilines is 1. The van der Waals surface area contributed by atoms with Gasteiger partial charge >= 0.3 is 0 Å². The van der Waals surface area contributed by atoms with Crippen LogP contribution in [0, 0.1) is 0 Å². The van der Waals surface area contributed by atoms with Crippen LogP contribution in [0.15, 0.2) is 28.7 Å². The lowest BCUT2D eigenvalue weighted by atomic mass is 9.99. The van der Waals surface area contributed by atoms with Crippen LogP contribution < -0.4 is 14.8 Å². The number of nitrogens with zero attached hydrogens (tertiary/aromatic N) is 1. The van der Waals surface area contributed by atoms with Crippen molar-refractivity contribution in [3.05, 3.63) is 45.0 Å². The SMILES string of the molecule is COc1ccc(CNc2cc(CC(C)(C)O)c(Br)c(Cl)n2)c(OC)c1. The predicted molar refractivity (Wildman–Crippen MR) is 104 cm³/mol. The van der Waals surface area contributed by atoms with Crippen LogP contribution in [0.4, 0.5) is 5.82 Å². The Morgan fingerprint density at radius 3 is 2.52 bits per heavy atom. The van der Waals surface area contributed by atoms with Crippen molar-refractivity contribution in [1.82, 2.24) is 4.98 Å². The summed E-state index contributed by atoms with van der Waals surface area (Å²) in [5.74, 6) is 2.09. The summed E-state index contributed by atoms with van der Waals surface area (Å²) < 4.78 is 11.3. The summed E-state index contributed by atoms with van der Waals surface area (Å²) >= 11 is 9.64. The summed E-state index contributed by atoms with van der Waals surface area (Å²) in [7, 11) is 3.24. The highest BCUT2D eigenvalue weighted by molar-refractivity contribution is 9.10. The molecule has 0 fully saturated rings. The van der Waals surface area contributed by atoms with Crippen LogP contribution in [0.3, 0.4) is 0 Å². The van der Waals surface area contributed by atoms with Crippen LogP contribution in [0.5, 0.6) is 11.5 Å². The first-order chi connectivity index (χ1) is 11.7. The summed E-state index contributed by atoms with van der Waals surface area (Å²) in [6.07, 6.45) is 0.455. The summed E-state index contributed by atoms with van der Waals surface area (Å²) in [6.45, 7) is 4.02. The van der Waals surface area contributed by atoms with E-state index in [9.17, 15) is 5.11 Å². The molecule has 136 valence electrons. The van der Waals surface area contributed by atoms with E-state index in [0.29, 0.717) is 28.4 Å². The van der Waals surface area contributed by atoms with Gasteiger partial charge in [0.15, 0.2) is 0 Å². The van der Waals surface area contributed by atoms with E-state index in [2.05, 4.69) is 26.2 Å². The molecule has 0 unspecified atom stereocenters. The molecule has 5 nitrogen and oxygen atoms in total. The first kappa shape index (κ1) is 19.8. The molecule has 7 heteroatoms. The number of hydrogen-bond donors (Lipinski definition) is 2. The van der Waals surface area contributed by atoms with Crippen molar-refractivity contribution >= 4 is 33.3 Å². The van der Waals surface area contributed by atoms with E-state index in [1.165, 1.54) is 0 Å². The van der Waals surface area contributed by atoms with Gasteiger partial charge in [-0.2, -0.15) is 0 Å². The van der Waals surface area contributed by atoms with Crippen LogP contribution in [0.1, 0.15) is 25.0 Å². The molecule has 2 aromatic rings. The molecule has 25 heavy (non-hydrogen) atoms. The third-order valence-electron chi connectivity index (χ3n) is 3.57. The molecular weight excluding hydrogens is 408 g/mol. The third kappa shape index (κ3) is 5.49. The molecule has 1 aromatic carbocycles. The number of ether oxygens (including phenoxy) is 2. The highest BCUT2D eigenvalue weighted by atomic mass is 79.9. The summed E-state index contributed by atoms with van der Waals surface area (Å²) in [5, 5.41) is 13.7. The Labute approximate surface area is 161 Å². The molecule has 2 rings (SSSR count). The number of aliphatic hydroxyl groups is 1. The van der Waals surface area contributed by atoms with Gasteiger partial charge in [0.2, 0.25) is 0 Å². The van der Waals surface area contributed by atoms with Crippen molar-refractivity contribution in [3.63, 3.8) is 0 Å². The van der Waals surface area contributed by atoms with Crippen molar-refractivity contribution < 1.29 is 14.6 Å². The number of halogens is 2. The zero-order chi connectivity index (χ0) is 18.6. The molecule has 1 heterocycles. The summed E-state index contributed by atoms with van der Waals surface area (Å²) in [5.41, 5.74) is 1.01. The Bertz CT molecular complexity index is 748. The number of benzene rings is 1. The van der Waals surface area contributed by atoms with Crippen LogP contribution in [-0.2, 0) is 13.0 Å². The van der Waals surface area contributed by atoms with E-state index >= 15 is 0 Å². The van der Waals surface area contributed by atoms with Gasteiger partial charge in [0.1, 0.15) is 22.5 Å². The number of aromatic nitrogens is 1. The highest BCUT2D eigenvalue weighted by Gasteiger charge is 2.18. The quantitative estimate of drug-likeness (QED) is 0.637. The van der Waals surface area contributed by atoms with E-state index in [0.717, 1.165) is 22.6 Å². The zero-order valence-electron chi connectivity index (χ0n) is 14.7. The van der Waals surface area contributed by atoms with Gasteiger partial charge in [-0.25, -0.2) is 4.98 Å². The molecule has 1 aromatic heterocycles. The number of methoxy groups -OCH3 is 2. The number of rotatable bonds is 7. The largest absolute Gasteiger partial charge is 0.497 e. The predicted octanol–water partition coefficient (Wildman–Crippen LogP) is 4.44. The molecule has 2 N–H and O–H groups in total. The second-order valence-corrected chi connectivity index (χ2v) is 7.44. The number of pyridine rings is 1. The topological polar surface area (TPSA) is 63.6 Å². The van der Waals surface area contributed by atoms with Gasteiger partial charge in [0.25, 0.3) is 0 Å². The molecule has 0 aliphatic rings. The van der Waals surface area contributed by atoms with Gasteiger partial charge in [0, 0.05) is 24.6 Å². The van der Waals surface area contributed by atoms with Crippen LogP contribution in [0.2, 0.25) is 5.15 Å². The van der Waals surface area contributed by atoms with E-state index in [1.54, 1.807) is 28.1 Å². The van der Waals surface area contributed by atoms with Gasteiger partial charge in [-0.15, -0.1) is 0 Å². The maximum atomic E-state index is 10.1. The average molecular weight is 430 g/mol. The number of hydrogen-bond acceptors (Lipinski definition) is 5. The molecule has 0 bridgehead atoms. The van der Waals surface area contributed by atoms with Gasteiger partial charge in [-0.1, -0.05) is 11.6 Å². The molecule has 0 radical (unpaired) electrons. The fraction of sp³-hybridized carbons (Fsp3) is 0.389. The van der Waals surface area contributed by atoms with E-state index in [4.69, 9.17) is 21.1 Å². The smallest absolute Gasteiger partial charge is 0.145 e. The number of nitrogens with one attached hydrogen (secondary N) is 1. The van der Waals surface area contributed by atoms with Crippen molar-refractivity contribution in [2.45, 2.75) is 32.4 Å². The Morgan fingerprint density at radius 2 is 1.92 bits per heavy atom. The normalized spacial score (nSPS) is 11.3. The molecule has 0 aliphatic carbocycles. The maximum absolute atomic E-state index is 10.1. The van der Waals surface area contributed by atoms with Gasteiger partial charge < -0.3 is 19.9 Å². The van der Waals surface area contributed by atoms with Crippen molar-refractivity contribution in [2.24, 2.45) is 0 Å². The van der Waals surface area contributed by atoms with Crippen LogP contribution >= 0.6 is 27.5 Å². The Kier molecular flexibility index (Phi) is 6.54.